The predicted molar refractivity (Wildman–Crippen MR) is 87.8 cm³/mol. The van der Waals surface area contributed by atoms with Crippen molar-refractivity contribution < 1.29 is 5.11 Å². The molecular weight excluding hydrogens is 266 g/mol. The molecule has 0 aromatic rings. The second-order valence-electron chi connectivity index (χ2n) is 5.09. The Bertz CT molecular complexity index is 403. The van der Waals surface area contributed by atoms with E-state index in [1.807, 2.05) is 6.08 Å². The third-order valence-electron chi connectivity index (χ3n) is 3.34. The Labute approximate surface area is 126 Å². The van der Waals surface area contributed by atoms with Crippen LogP contribution in [0, 0.1) is 5.41 Å². The molecule has 0 aromatic heterocycles. The van der Waals surface area contributed by atoms with E-state index in [2.05, 4.69) is 34.4 Å². The molecule has 0 saturated heterocycles. The zero-order valence-corrected chi connectivity index (χ0v) is 12.8. The van der Waals surface area contributed by atoms with Gasteiger partial charge in [0.15, 0.2) is 0 Å². The van der Waals surface area contributed by atoms with Gasteiger partial charge in [-0.2, -0.15) is 0 Å². The Balaban J connectivity index is 2.55. The summed E-state index contributed by atoms with van der Waals surface area (Å²) in [6, 6.07) is 0.115. The third-order valence-corrected chi connectivity index (χ3v) is 3.34. The number of aliphatic imine (C=N–C) groups is 1. The van der Waals surface area contributed by atoms with E-state index in [0.29, 0.717) is 19.6 Å². The molecular formula is C15H27N5O. The van der Waals surface area contributed by atoms with Gasteiger partial charge >= 0.3 is 0 Å². The summed E-state index contributed by atoms with van der Waals surface area (Å²) in [6.45, 7) is 8.03. The largest absolute Gasteiger partial charge is 0.395 e. The van der Waals surface area contributed by atoms with Gasteiger partial charge in [-0.15, -0.1) is 0 Å². The highest BCUT2D eigenvalue weighted by molar-refractivity contribution is 5.88. The zero-order chi connectivity index (χ0) is 15.5. The Morgan fingerprint density at radius 1 is 1.57 bits per heavy atom. The maximum atomic E-state index is 9.38. The number of rotatable bonds is 7. The van der Waals surface area contributed by atoms with Gasteiger partial charge in [0.1, 0.15) is 5.84 Å². The number of aliphatic hydroxyl groups excluding tert-OH is 1. The molecule has 0 fully saturated rings. The molecule has 0 saturated carbocycles. The third kappa shape index (κ3) is 7.17. The average Bonchev–Trinajstić information content (AvgIpc) is 2.48. The van der Waals surface area contributed by atoms with Crippen molar-refractivity contribution in [2.45, 2.75) is 32.2 Å². The molecule has 0 spiro atoms. The number of nitrogens with one attached hydrogen (secondary N) is 4. The summed E-state index contributed by atoms with van der Waals surface area (Å²) in [5, 5.41) is 26.4. The molecule has 1 rings (SSSR count). The molecule has 5 N–H and O–H groups in total. The molecule has 1 aliphatic rings. The molecule has 0 bridgehead atoms. The molecule has 6 nitrogen and oxygen atoms in total. The van der Waals surface area contributed by atoms with Gasteiger partial charge in [-0.25, -0.2) is 4.99 Å². The molecule has 0 aliphatic carbocycles. The van der Waals surface area contributed by atoms with E-state index in [0.717, 1.165) is 30.5 Å². The normalized spacial score (nSPS) is 18.1. The first-order valence-corrected chi connectivity index (χ1v) is 7.47. The molecule has 0 unspecified atom stereocenters. The van der Waals surface area contributed by atoms with E-state index in [1.165, 1.54) is 6.34 Å². The fourth-order valence-electron chi connectivity index (χ4n) is 1.98. The second-order valence-corrected chi connectivity index (χ2v) is 5.09. The van der Waals surface area contributed by atoms with Gasteiger partial charge in [0.2, 0.25) is 0 Å². The number of hydrogen-bond acceptors (Lipinski definition) is 5. The summed E-state index contributed by atoms with van der Waals surface area (Å²) < 4.78 is 0. The van der Waals surface area contributed by atoms with Gasteiger partial charge in [-0.1, -0.05) is 32.4 Å². The van der Waals surface area contributed by atoms with Crippen LogP contribution in [0.2, 0.25) is 0 Å². The lowest BCUT2D eigenvalue weighted by Crippen LogP contribution is -2.35. The maximum absolute atomic E-state index is 9.38. The molecule has 21 heavy (non-hydrogen) atoms. The summed E-state index contributed by atoms with van der Waals surface area (Å²) in [6.07, 6.45) is 6.74. The molecule has 1 atom stereocenters. The van der Waals surface area contributed by atoms with Crippen LogP contribution in [0.4, 0.5) is 0 Å². The Kier molecular flexibility index (Phi) is 8.57. The second kappa shape index (κ2) is 10.3. The highest BCUT2D eigenvalue weighted by Crippen LogP contribution is 2.06. The summed E-state index contributed by atoms with van der Waals surface area (Å²) in [5.41, 5.74) is 1.80. The van der Waals surface area contributed by atoms with E-state index in [9.17, 15) is 5.11 Å². The Hall–Kier alpha value is -1.50. The molecule has 0 radical (unpaired) electrons. The van der Waals surface area contributed by atoms with Crippen molar-refractivity contribution >= 4 is 12.2 Å². The van der Waals surface area contributed by atoms with Crippen LogP contribution in [0.1, 0.15) is 26.2 Å². The Morgan fingerprint density at radius 2 is 2.38 bits per heavy atom. The van der Waals surface area contributed by atoms with Gasteiger partial charge in [-0.3, -0.25) is 5.41 Å². The van der Waals surface area contributed by atoms with Gasteiger partial charge in [-0.05, 0) is 12.0 Å². The Morgan fingerprint density at radius 3 is 3.10 bits per heavy atom. The predicted octanol–water partition coefficient (Wildman–Crippen LogP) is 0.766. The first kappa shape index (κ1) is 17.6. The summed E-state index contributed by atoms with van der Waals surface area (Å²) in [4.78, 5) is 3.96. The summed E-state index contributed by atoms with van der Waals surface area (Å²) in [7, 11) is 0. The summed E-state index contributed by atoms with van der Waals surface area (Å²) >= 11 is 0. The first-order chi connectivity index (χ1) is 10.2. The number of nitrogens with zero attached hydrogens (tertiary/aromatic N) is 1. The van der Waals surface area contributed by atoms with Crippen molar-refractivity contribution in [3.05, 3.63) is 23.9 Å². The van der Waals surface area contributed by atoms with Crippen molar-refractivity contribution in [1.82, 2.24) is 16.0 Å². The zero-order valence-electron chi connectivity index (χ0n) is 12.8. The van der Waals surface area contributed by atoms with Gasteiger partial charge < -0.3 is 21.1 Å². The maximum Gasteiger partial charge on any atom is 0.136 e. The minimum Gasteiger partial charge on any atom is -0.395 e. The van der Waals surface area contributed by atoms with Crippen molar-refractivity contribution in [2.75, 3.05) is 26.2 Å². The molecule has 0 aromatic carbocycles. The fraction of sp³-hybridized carbons (Fsp3) is 0.600. The van der Waals surface area contributed by atoms with E-state index in [-0.39, 0.29) is 18.5 Å². The highest BCUT2D eigenvalue weighted by atomic mass is 16.3. The first-order valence-electron chi connectivity index (χ1n) is 7.47. The lowest BCUT2D eigenvalue weighted by Gasteiger charge is -2.19. The topological polar surface area (TPSA) is 92.5 Å². The van der Waals surface area contributed by atoms with Gasteiger partial charge in [0.25, 0.3) is 0 Å². The molecule has 118 valence electrons. The number of amidine groups is 1. The van der Waals surface area contributed by atoms with E-state index in [4.69, 9.17) is 5.41 Å². The average molecular weight is 293 g/mol. The lowest BCUT2D eigenvalue weighted by atomic mass is 10.1. The molecule has 1 aliphatic heterocycles. The number of unbranched alkanes of at least 4 members (excludes halogenated alkanes) is 1. The van der Waals surface area contributed by atoms with Crippen LogP contribution in [-0.2, 0) is 0 Å². The van der Waals surface area contributed by atoms with E-state index >= 15 is 0 Å². The highest BCUT2D eigenvalue weighted by Gasteiger charge is 2.09. The van der Waals surface area contributed by atoms with Crippen molar-refractivity contribution in [1.29, 1.82) is 5.41 Å². The SMILES string of the molecule is C=C1NC=NC(=N)CNCC=C1CN[C@H](CO)CCCC. The van der Waals surface area contributed by atoms with Gasteiger partial charge in [0.05, 0.1) is 19.5 Å². The molecule has 6 heteroatoms. The van der Waals surface area contributed by atoms with E-state index < -0.39 is 0 Å². The number of aliphatic hydroxyl groups is 1. The fourth-order valence-corrected chi connectivity index (χ4v) is 1.98. The van der Waals surface area contributed by atoms with Crippen LogP contribution >= 0.6 is 0 Å². The minimum atomic E-state index is 0.115. The smallest absolute Gasteiger partial charge is 0.136 e. The van der Waals surface area contributed by atoms with Crippen LogP contribution in [0.25, 0.3) is 0 Å². The lowest BCUT2D eigenvalue weighted by molar-refractivity contribution is 0.236. The summed E-state index contributed by atoms with van der Waals surface area (Å²) in [5.74, 6) is 0.283. The van der Waals surface area contributed by atoms with Crippen LogP contribution in [0.15, 0.2) is 28.9 Å². The van der Waals surface area contributed by atoms with Crippen molar-refractivity contribution in [3.63, 3.8) is 0 Å². The van der Waals surface area contributed by atoms with E-state index in [1.54, 1.807) is 0 Å². The van der Waals surface area contributed by atoms with Gasteiger partial charge in [0, 0.05) is 24.8 Å². The molecule has 1 heterocycles. The van der Waals surface area contributed by atoms with Crippen molar-refractivity contribution in [2.24, 2.45) is 4.99 Å². The number of hydrogen-bond donors (Lipinski definition) is 5. The minimum absolute atomic E-state index is 0.115. The van der Waals surface area contributed by atoms with Crippen molar-refractivity contribution in [3.8, 4) is 0 Å². The van der Waals surface area contributed by atoms with Crippen LogP contribution < -0.4 is 16.0 Å². The molecule has 0 amide bonds. The quantitative estimate of drug-likeness (QED) is 0.479. The van der Waals surface area contributed by atoms with Crippen LogP contribution in [0.3, 0.4) is 0 Å². The monoisotopic (exact) mass is 293 g/mol. The van der Waals surface area contributed by atoms with Crippen LogP contribution in [-0.4, -0.2) is 49.6 Å². The van der Waals surface area contributed by atoms with Crippen LogP contribution in [0.5, 0.6) is 0 Å². The standard InChI is InChI=1S/C15H27N5O/c1-3-4-5-14(10-21)18-8-13-6-7-17-9-15(16)20-11-19-12(13)2/h6,11,14,17-18,21H,2-5,7-10H2,1H3,(H2,16,19,20)/t14-/m0/s1.